The summed E-state index contributed by atoms with van der Waals surface area (Å²) in [4.78, 5) is 30.7. The van der Waals surface area contributed by atoms with Crippen LogP contribution in [0.2, 0.25) is 0 Å². The van der Waals surface area contributed by atoms with Crippen molar-refractivity contribution in [3.05, 3.63) is 94.6 Å². The maximum absolute atomic E-state index is 13.5. The van der Waals surface area contributed by atoms with Gasteiger partial charge >= 0.3 is 0 Å². The van der Waals surface area contributed by atoms with E-state index < -0.39 is 17.7 Å². The van der Waals surface area contributed by atoms with Gasteiger partial charge in [-0.25, -0.2) is 0 Å². The van der Waals surface area contributed by atoms with E-state index >= 15 is 0 Å². The Balaban J connectivity index is 1.66. The number of aliphatic hydroxyl groups excluding tert-OH is 1. The molecule has 1 amide bonds. The Labute approximate surface area is 254 Å². The maximum atomic E-state index is 13.5. The van der Waals surface area contributed by atoms with Gasteiger partial charge in [-0.05, 0) is 87.4 Å². The maximum Gasteiger partial charge on any atom is 0.295 e. The number of likely N-dealkylation sites (tertiary alicyclic amines) is 1. The summed E-state index contributed by atoms with van der Waals surface area (Å²) >= 11 is 0. The van der Waals surface area contributed by atoms with Crippen molar-refractivity contribution in [3.8, 4) is 17.2 Å². The van der Waals surface area contributed by atoms with Gasteiger partial charge in [0.1, 0.15) is 18.1 Å². The first kappa shape index (κ1) is 31.6. The third-order valence-electron chi connectivity index (χ3n) is 7.76. The first-order valence-corrected chi connectivity index (χ1v) is 14.9. The zero-order valence-corrected chi connectivity index (χ0v) is 25.8. The van der Waals surface area contributed by atoms with Gasteiger partial charge in [-0.3, -0.25) is 9.59 Å². The highest BCUT2D eigenvalue weighted by Crippen LogP contribution is 2.42. The summed E-state index contributed by atoms with van der Waals surface area (Å²) in [6.07, 6.45) is 0.687. The molecule has 0 bridgehead atoms. The van der Waals surface area contributed by atoms with Crippen LogP contribution in [0, 0.1) is 6.92 Å². The number of nitrogens with zero attached hydrogens (tertiary/aromatic N) is 2. The van der Waals surface area contributed by atoms with Gasteiger partial charge in [0.25, 0.3) is 11.7 Å². The molecule has 1 aliphatic rings. The van der Waals surface area contributed by atoms with E-state index in [1.165, 1.54) is 5.56 Å². The van der Waals surface area contributed by atoms with Crippen LogP contribution >= 0.6 is 0 Å². The number of ether oxygens (including phenoxy) is 3. The normalized spacial score (nSPS) is 16.1. The van der Waals surface area contributed by atoms with Gasteiger partial charge in [-0.1, -0.05) is 49.7 Å². The number of hydrogen-bond donors (Lipinski definition) is 1. The molecule has 0 spiro atoms. The average molecular weight is 587 g/mol. The van der Waals surface area contributed by atoms with E-state index in [1.807, 2.05) is 44.2 Å². The fourth-order valence-electron chi connectivity index (χ4n) is 5.31. The van der Waals surface area contributed by atoms with Crippen molar-refractivity contribution in [1.29, 1.82) is 0 Å². The minimum Gasteiger partial charge on any atom is -0.507 e. The van der Waals surface area contributed by atoms with Gasteiger partial charge in [0.15, 0.2) is 11.5 Å². The molecular formula is C35H42N2O6. The highest BCUT2D eigenvalue weighted by atomic mass is 16.5. The minimum atomic E-state index is -0.779. The van der Waals surface area contributed by atoms with Crippen LogP contribution in [0.4, 0.5) is 0 Å². The molecule has 4 rings (SSSR count). The molecule has 3 aromatic rings. The van der Waals surface area contributed by atoms with E-state index in [-0.39, 0.29) is 11.3 Å². The largest absolute Gasteiger partial charge is 0.507 e. The first-order chi connectivity index (χ1) is 20.8. The smallest absolute Gasteiger partial charge is 0.295 e. The number of rotatable bonds is 14. The van der Waals surface area contributed by atoms with Gasteiger partial charge < -0.3 is 29.1 Å². The van der Waals surface area contributed by atoms with E-state index in [9.17, 15) is 14.7 Å². The molecule has 3 aromatic carbocycles. The molecule has 8 nitrogen and oxygen atoms in total. The quantitative estimate of drug-likeness (QED) is 0.138. The summed E-state index contributed by atoms with van der Waals surface area (Å²) < 4.78 is 17.2. The van der Waals surface area contributed by atoms with Crippen LogP contribution in [0.25, 0.3) is 5.76 Å². The van der Waals surface area contributed by atoms with Crippen molar-refractivity contribution in [2.45, 2.75) is 46.8 Å². The Hall–Kier alpha value is -4.30. The van der Waals surface area contributed by atoms with Crippen molar-refractivity contribution < 1.29 is 28.9 Å². The number of hydrogen-bond acceptors (Lipinski definition) is 7. The van der Waals surface area contributed by atoms with E-state index in [4.69, 9.17) is 14.2 Å². The number of benzene rings is 3. The van der Waals surface area contributed by atoms with Crippen molar-refractivity contribution in [1.82, 2.24) is 9.80 Å². The molecule has 0 radical (unpaired) electrons. The number of ketones is 1. The summed E-state index contributed by atoms with van der Waals surface area (Å²) in [7, 11) is 1.55. The third kappa shape index (κ3) is 7.38. The van der Waals surface area contributed by atoms with E-state index in [2.05, 4.69) is 18.7 Å². The zero-order valence-electron chi connectivity index (χ0n) is 25.8. The standard InChI is InChI=1S/C35H42N2O6/c1-6-36(7-2)20-9-21-37-32(27-16-19-29(42-8-3)30(22-27)41-5)31(34(39)35(37)40)33(38)26-14-17-28(18-15-26)43-23-25-12-10-24(4)11-13-25/h10-19,22,32,38H,6-9,20-21,23H2,1-5H3/t32-/m0/s1. The molecule has 0 unspecified atom stereocenters. The topological polar surface area (TPSA) is 88.5 Å². The molecule has 1 aliphatic heterocycles. The number of carbonyl (C=O) groups excluding carboxylic acids is 2. The molecule has 0 aromatic heterocycles. The van der Waals surface area contributed by atoms with Gasteiger partial charge in [-0.15, -0.1) is 0 Å². The molecule has 1 N–H and O–H groups in total. The molecule has 8 heteroatoms. The molecule has 43 heavy (non-hydrogen) atoms. The van der Waals surface area contributed by atoms with Crippen LogP contribution in [0.5, 0.6) is 17.2 Å². The summed E-state index contributed by atoms with van der Waals surface area (Å²) in [5.41, 5.74) is 3.35. The van der Waals surface area contributed by atoms with Crippen molar-refractivity contribution in [3.63, 3.8) is 0 Å². The fourth-order valence-corrected chi connectivity index (χ4v) is 5.31. The lowest BCUT2D eigenvalue weighted by Gasteiger charge is -2.27. The second-order valence-corrected chi connectivity index (χ2v) is 10.5. The Morgan fingerprint density at radius 1 is 0.907 bits per heavy atom. The number of aliphatic hydroxyl groups is 1. The second kappa shape index (κ2) is 14.7. The lowest BCUT2D eigenvalue weighted by atomic mass is 9.95. The lowest BCUT2D eigenvalue weighted by molar-refractivity contribution is -0.140. The number of amides is 1. The molecular weight excluding hydrogens is 544 g/mol. The predicted molar refractivity (Wildman–Crippen MR) is 168 cm³/mol. The lowest BCUT2D eigenvalue weighted by Crippen LogP contribution is -2.33. The number of methoxy groups -OCH3 is 1. The molecule has 1 atom stereocenters. The van der Waals surface area contributed by atoms with Gasteiger partial charge in [0, 0.05) is 12.1 Å². The van der Waals surface area contributed by atoms with Crippen molar-refractivity contribution >= 4 is 17.4 Å². The molecule has 1 saturated heterocycles. The number of Topliss-reactive ketones (excluding diaryl/α,β-unsaturated/α-hetero) is 1. The van der Waals surface area contributed by atoms with E-state index in [0.717, 1.165) is 25.2 Å². The molecule has 1 heterocycles. The Kier molecular flexibility index (Phi) is 10.8. The summed E-state index contributed by atoms with van der Waals surface area (Å²) in [6, 6.07) is 19.6. The molecule has 0 aliphatic carbocycles. The van der Waals surface area contributed by atoms with Crippen LogP contribution in [-0.2, 0) is 16.2 Å². The number of carbonyl (C=O) groups is 2. The summed E-state index contributed by atoms with van der Waals surface area (Å²) in [6.45, 7) is 11.9. The van der Waals surface area contributed by atoms with Gasteiger partial charge in [-0.2, -0.15) is 0 Å². The average Bonchev–Trinajstić information content (AvgIpc) is 3.28. The van der Waals surface area contributed by atoms with Crippen molar-refractivity contribution in [2.75, 3.05) is 39.9 Å². The highest BCUT2D eigenvalue weighted by molar-refractivity contribution is 6.46. The van der Waals surface area contributed by atoms with Crippen LogP contribution in [0.3, 0.4) is 0 Å². The van der Waals surface area contributed by atoms with Gasteiger partial charge in [0.05, 0.1) is 25.3 Å². The van der Waals surface area contributed by atoms with E-state index in [1.54, 1.807) is 48.4 Å². The SMILES string of the molecule is CCOc1ccc([C@H]2C(=C(O)c3ccc(OCc4ccc(C)cc4)cc3)C(=O)C(=O)N2CCCN(CC)CC)cc1OC. The summed E-state index contributed by atoms with van der Waals surface area (Å²) in [5.74, 6) is 0.112. The van der Waals surface area contributed by atoms with Crippen LogP contribution in [0.15, 0.2) is 72.3 Å². The molecule has 0 saturated carbocycles. The first-order valence-electron chi connectivity index (χ1n) is 14.9. The third-order valence-corrected chi connectivity index (χ3v) is 7.76. The highest BCUT2D eigenvalue weighted by Gasteiger charge is 2.46. The summed E-state index contributed by atoms with van der Waals surface area (Å²) in [5, 5.41) is 11.5. The Bertz CT molecular complexity index is 1430. The molecule has 1 fully saturated rings. The van der Waals surface area contributed by atoms with E-state index in [0.29, 0.717) is 54.6 Å². The monoisotopic (exact) mass is 586 g/mol. The Morgan fingerprint density at radius 3 is 2.23 bits per heavy atom. The second-order valence-electron chi connectivity index (χ2n) is 10.5. The van der Waals surface area contributed by atoms with Crippen LogP contribution in [-0.4, -0.2) is 66.5 Å². The zero-order chi connectivity index (χ0) is 30.9. The molecule has 228 valence electrons. The fraction of sp³-hybridized carbons (Fsp3) is 0.371. The Morgan fingerprint density at radius 2 is 1.60 bits per heavy atom. The predicted octanol–water partition coefficient (Wildman–Crippen LogP) is 6.13. The van der Waals surface area contributed by atoms with Crippen LogP contribution in [0.1, 0.15) is 55.5 Å². The van der Waals surface area contributed by atoms with Crippen molar-refractivity contribution in [2.24, 2.45) is 0 Å². The van der Waals surface area contributed by atoms with Crippen LogP contribution < -0.4 is 14.2 Å². The minimum absolute atomic E-state index is 0.0485. The van der Waals surface area contributed by atoms with Gasteiger partial charge in [0.2, 0.25) is 0 Å². The number of aryl methyl sites for hydroxylation is 1.